The molecule has 0 saturated carbocycles. The zero-order chi connectivity index (χ0) is 17.7. The molecule has 0 aliphatic rings. The number of nitrogens with zero attached hydrogens (tertiary/aromatic N) is 1. The summed E-state index contributed by atoms with van der Waals surface area (Å²) in [6.07, 6.45) is 0. The number of carbonyl (C=O) groups is 1. The Kier molecular flexibility index (Phi) is 6.40. The van der Waals surface area contributed by atoms with Crippen molar-refractivity contribution in [2.75, 3.05) is 25.4 Å². The van der Waals surface area contributed by atoms with Crippen LogP contribution in [-0.4, -0.2) is 30.6 Å². The van der Waals surface area contributed by atoms with E-state index in [0.29, 0.717) is 17.2 Å². The Morgan fingerprint density at radius 3 is 2.33 bits per heavy atom. The number of nitrogen functional groups attached to an aromatic ring is 1. The smallest absolute Gasteiger partial charge is 0.341 e. The van der Waals surface area contributed by atoms with Gasteiger partial charge in [0, 0.05) is 17.0 Å². The van der Waals surface area contributed by atoms with E-state index in [1.165, 1.54) is 16.9 Å². The van der Waals surface area contributed by atoms with E-state index in [-0.39, 0.29) is 5.97 Å². The number of hydrogen-bond acceptors (Lipinski definition) is 5. The van der Waals surface area contributed by atoms with Crippen molar-refractivity contribution >= 4 is 22.3 Å². The SMILES string of the molecule is CCOC(=O)c1c(N)sc(CN(CC)CC)c1-c1ccc(C)cc1. The first-order valence-corrected chi connectivity index (χ1v) is 9.21. The van der Waals surface area contributed by atoms with Crippen molar-refractivity contribution in [3.05, 3.63) is 40.3 Å². The second-order valence-electron chi connectivity index (χ2n) is 5.69. The Hall–Kier alpha value is -1.85. The van der Waals surface area contributed by atoms with Gasteiger partial charge in [-0.2, -0.15) is 0 Å². The summed E-state index contributed by atoms with van der Waals surface area (Å²) in [4.78, 5) is 15.9. The van der Waals surface area contributed by atoms with Crippen LogP contribution in [0.1, 0.15) is 41.6 Å². The molecule has 0 unspecified atom stereocenters. The van der Waals surface area contributed by atoms with Gasteiger partial charge in [0.2, 0.25) is 0 Å². The molecule has 1 aromatic carbocycles. The topological polar surface area (TPSA) is 55.6 Å². The number of carbonyl (C=O) groups excluding carboxylic acids is 1. The second-order valence-corrected chi connectivity index (χ2v) is 6.82. The summed E-state index contributed by atoms with van der Waals surface area (Å²) in [5.41, 5.74) is 9.82. The third-order valence-electron chi connectivity index (χ3n) is 4.09. The van der Waals surface area contributed by atoms with Crippen molar-refractivity contribution in [2.24, 2.45) is 0 Å². The fraction of sp³-hybridized carbons (Fsp3) is 0.421. The molecule has 2 aromatic rings. The van der Waals surface area contributed by atoms with Crippen LogP contribution in [0.3, 0.4) is 0 Å². The number of aryl methyl sites for hydroxylation is 1. The zero-order valence-electron chi connectivity index (χ0n) is 14.9. The van der Waals surface area contributed by atoms with Gasteiger partial charge in [0.15, 0.2) is 0 Å². The minimum Gasteiger partial charge on any atom is -0.462 e. The summed E-state index contributed by atoms with van der Waals surface area (Å²) in [7, 11) is 0. The van der Waals surface area contributed by atoms with E-state index in [0.717, 1.165) is 35.6 Å². The fourth-order valence-corrected chi connectivity index (χ4v) is 3.81. The maximum absolute atomic E-state index is 12.5. The van der Waals surface area contributed by atoms with Gasteiger partial charge in [-0.05, 0) is 32.5 Å². The van der Waals surface area contributed by atoms with Gasteiger partial charge >= 0.3 is 5.97 Å². The van der Waals surface area contributed by atoms with Gasteiger partial charge in [-0.25, -0.2) is 4.79 Å². The van der Waals surface area contributed by atoms with Crippen molar-refractivity contribution < 1.29 is 9.53 Å². The normalized spacial score (nSPS) is 11.0. The van der Waals surface area contributed by atoms with Crippen molar-refractivity contribution in [3.63, 3.8) is 0 Å². The Labute approximate surface area is 148 Å². The molecule has 2 N–H and O–H groups in total. The van der Waals surface area contributed by atoms with Crippen LogP contribution >= 0.6 is 11.3 Å². The summed E-state index contributed by atoms with van der Waals surface area (Å²) in [6.45, 7) is 11.2. The van der Waals surface area contributed by atoms with Gasteiger partial charge < -0.3 is 10.5 Å². The number of rotatable bonds is 7. The molecule has 0 atom stereocenters. The third kappa shape index (κ3) is 3.97. The third-order valence-corrected chi connectivity index (χ3v) is 5.09. The van der Waals surface area contributed by atoms with Crippen LogP contribution in [0.4, 0.5) is 5.00 Å². The van der Waals surface area contributed by atoms with E-state index in [1.807, 2.05) is 19.1 Å². The summed E-state index contributed by atoms with van der Waals surface area (Å²) in [5, 5.41) is 0.534. The average Bonchev–Trinajstić information content (AvgIpc) is 2.89. The highest BCUT2D eigenvalue weighted by Gasteiger charge is 2.25. The Morgan fingerprint density at radius 1 is 1.17 bits per heavy atom. The average molecular weight is 346 g/mol. The molecular formula is C19H26N2O2S. The second kappa shape index (κ2) is 8.31. The maximum atomic E-state index is 12.5. The number of esters is 1. The van der Waals surface area contributed by atoms with Crippen LogP contribution < -0.4 is 5.73 Å². The summed E-state index contributed by atoms with van der Waals surface area (Å²) >= 11 is 1.49. The van der Waals surface area contributed by atoms with Crippen molar-refractivity contribution in [1.29, 1.82) is 0 Å². The van der Waals surface area contributed by atoms with E-state index in [9.17, 15) is 4.79 Å². The Bertz CT molecular complexity index is 688. The lowest BCUT2D eigenvalue weighted by atomic mass is 9.99. The highest BCUT2D eigenvalue weighted by atomic mass is 32.1. The lowest BCUT2D eigenvalue weighted by molar-refractivity contribution is 0.0529. The lowest BCUT2D eigenvalue weighted by Gasteiger charge is -2.18. The van der Waals surface area contributed by atoms with Crippen LogP contribution in [0.5, 0.6) is 0 Å². The summed E-state index contributed by atoms with van der Waals surface area (Å²) < 4.78 is 5.24. The lowest BCUT2D eigenvalue weighted by Crippen LogP contribution is -2.22. The maximum Gasteiger partial charge on any atom is 0.341 e. The molecule has 24 heavy (non-hydrogen) atoms. The van der Waals surface area contributed by atoms with E-state index in [4.69, 9.17) is 10.5 Å². The molecule has 130 valence electrons. The molecule has 1 aromatic heterocycles. The van der Waals surface area contributed by atoms with Crippen molar-refractivity contribution in [2.45, 2.75) is 34.2 Å². The summed E-state index contributed by atoms with van der Waals surface area (Å²) in [5.74, 6) is -0.340. The molecule has 0 fully saturated rings. The number of benzene rings is 1. The van der Waals surface area contributed by atoms with Crippen LogP contribution in [0.25, 0.3) is 11.1 Å². The highest BCUT2D eigenvalue weighted by Crippen LogP contribution is 2.40. The number of ether oxygens (including phenoxy) is 1. The van der Waals surface area contributed by atoms with Crippen LogP contribution in [0.15, 0.2) is 24.3 Å². The minimum absolute atomic E-state index is 0.340. The number of anilines is 1. The number of thiophene rings is 1. The van der Waals surface area contributed by atoms with Gasteiger partial charge in [-0.1, -0.05) is 43.7 Å². The standard InChI is InChI=1S/C19H26N2O2S/c1-5-21(6-2)12-15-16(14-10-8-13(4)9-11-14)17(18(20)24-15)19(22)23-7-3/h8-11H,5-7,12,20H2,1-4H3. The van der Waals surface area contributed by atoms with Gasteiger partial charge in [-0.15, -0.1) is 11.3 Å². The molecule has 0 aliphatic carbocycles. The Morgan fingerprint density at radius 2 is 1.79 bits per heavy atom. The first-order valence-electron chi connectivity index (χ1n) is 8.39. The van der Waals surface area contributed by atoms with E-state index in [1.54, 1.807) is 0 Å². The Balaban J connectivity index is 2.56. The number of hydrogen-bond donors (Lipinski definition) is 1. The van der Waals surface area contributed by atoms with Crippen LogP contribution in [0, 0.1) is 6.92 Å². The molecule has 1 heterocycles. The van der Waals surface area contributed by atoms with E-state index in [2.05, 4.69) is 37.8 Å². The van der Waals surface area contributed by atoms with Gasteiger partial charge in [0.05, 0.1) is 6.61 Å². The molecule has 5 heteroatoms. The molecule has 4 nitrogen and oxygen atoms in total. The van der Waals surface area contributed by atoms with Crippen molar-refractivity contribution in [3.8, 4) is 11.1 Å². The van der Waals surface area contributed by atoms with Crippen LogP contribution in [-0.2, 0) is 11.3 Å². The van der Waals surface area contributed by atoms with Gasteiger partial charge in [-0.3, -0.25) is 4.90 Å². The molecule has 0 spiro atoms. The predicted octanol–water partition coefficient (Wildman–Crippen LogP) is 4.32. The zero-order valence-corrected chi connectivity index (χ0v) is 15.7. The van der Waals surface area contributed by atoms with Crippen molar-refractivity contribution in [1.82, 2.24) is 4.90 Å². The molecular weight excluding hydrogens is 320 g/mol. The fourth-order valence-electron chi connectivity index (χ4n) is 2.69. The number of nitrogens with two attached hydrogens (primary N) is 1. The van der Waals surface area contributed by atoms with Gasteiger partial charge in [0.1, 0.15) is 10.6 Å². The largest absolute Gasteiger partial charge is 0.462 e. The molecule has 2 rings (SSSR count). The van der Waals surface area contributed by atoms with E-state index >= 15 is 0 Å². The first kappa shape index (κ1) is 18.5. The van der Waals surface area contributed by atoms with Crippen LogP contribution in [0.2, 0.25) is 0 Å². The molecule has 0 amide bonds. The van der Waals surface area contributed by atoms with E-state index < -0.39 is 0 Å². The van der Waals surface area contributed by atoms with Gasteiger partial charge in [0.25, 0.3) is 0 Å². The predicted molar refractivity (Wildman–Crippen MR) is 101 cm³/mol. The molecule has 0 saturated heterocycles. The summed E-state index contributed by atoms with van der Waals surface area (Å²) in [6, 6.07) is 8.20. The monoisotopic (exact) mass is 346 g/mol. The molecule has 0 radical (unpaired) electrons. The quantitative estimate of drug-likeness (QED) is 0.758. The molecule has 0 aliphatic heterocycles. The minimum atomic E-state index is -0.340. The first-order chi connectivity index (χ1) is 11.5. The molecule has 0 bridgehead atoms. The highest BCUT2D eigenvalue weighted by molar-refractivity contribution is 7.17.